The molecule has 1 atom stereocenters. The molecule has 0 saturated heterocycles. The van der Waals surface area contributed by atoms with Gasteiger partial charge in [0.25, 0.3) is 0 Å². The van der Waals surface area contributed by atoms with Crippen molar-refractivity contribution in [3.63, 3.8) is 0 Å². The van der Waals surface area contributed by atoms with Crippen LogP contribution in [-0.2, 0) is 0 Å². The number of furan rings is 1. The van der Waals surface area contributed by atoms with E-state index in [0.717, 1.165) is 61.6 Å². The number of aromatic nitrogens is 3. The van der Waals surface area contributed by atoms with Gasteiger partial charge in [0.05, 0.1) is 0 Å². The summed E-state index contributed by atoms with van der Waals surface area (Å²) in [6, 6.07) is 50.7. The third kappa shape index (κ3) is 4.95. The summed E-state index contributed by atoms with van der Waals surface area (Å²) in [6.45, 7) is 0. The Labute approximate surface area is 295 Å². The van der Waals surface area contributed by atoms with Crippen LogP contribution in [0.3, 0.4) is 0 Å². The molecule has 0 N–H and O–H groups in total. The minimum absolute atomic E-state index is 0.327. The molecule has 0 bridgehead atoms. The summed E-state index contributed by atoms with van der Waals surface area (Å²) in [7, 11) is 0. The second-order valence-corrected chi connectivity index (χ2v) is 13.1. The lowest BCUT2D eigenvalue weighted by atomic mass is 9.87. The van der Waals surface area contributed by atoms with Gasteiger partial charge < -0.3 is 4.42 Å². The second-order valence-electron chi connectivity index (χ2n) is 13.1. The van der Waals surface area contributed by atoms with E-state index >= 15 is 0 Å². The Bertz CT molecular complexity index is 2840. The second kappa shape index (κ2) is 12.0. The van der Waals surface area contributed by atoms with E-state index < -0.39 is 0 Å². The zero-order chi connectivity index (χ0) is 33.7. The molecule has 9 aromatic rings. The lowest BCUT2D eigenvalue weighted by molar-refractivity contribution is 0.670. The monoisotopic (exact) mass is 653 g/mol. The molecule has 10 rings (SSSR count). The van der Waals surface area contributed by atoms with E-state index in [1.807, 2.05) is 30.3 Å². The number of hydrogen-bond donors (Lipinski definition) is 0. The van der Waals surface area contributed by atoms with Gasteiger partial charge in [-0.05, 0) is 45.2 Å². The van der Waals surface area contributed by atoms with Gasteiger partial charge in [-0.25, -0.2) is 15.0 Å². The van der Waals surface area contributed by atoms with Crippen molar-refractivity contribution >= 4 is 43.5 Å². The van der Waals surface area contributed by atoms with Crippen LogP contribution in [0.5, 0.6) is 0 Å². The normalized spacial score (nSPS) is 14.2. The molecule has 240 valence electrons. The molecule has 0 aliphatic heterocycles. The van der Waals surface area contributed by atoms with E-state index in [4.69, 9.17) is 19.4 Å². The number of hydrogen-bond acceptors (Lipinski definition) is 4. The van der Waals surface area contributed by atoms with Crippen molar-refractivity contribution in [1.29, 1.82) is 0 Å². The fraction of sp³-hybridized carbons (Fsp3) is 0.0426. The predicted octanol–water partition coefficient (Wildman–Crippen LogP) is 12.3. The summed E-state index contributed by atoms with van der Waals surface area (Å²) in [4.78, 5) is 15.5. The highest BCUT2D eigenvalue weighted by atomic mass is 16.3. The average Bonchev–Trinajstić information content (AvgIpc) is 3.60. The first-order chi connectivity index (χ1) is 25.3. The van der Waals surface area contributed by atoms with Gasteiger partial charge in [0.15, 0.2) is 17.5 Å². The molecule has 2 heterocycles. The third-order valence-corrected chi connectivity index (χ3v) is 10.1. The minimum atomic E-state index is 0.327. The predicted molar refractivity (Wildman–Crippen MR) is 209 cm³/mol. The molecule has 0 radical (unpaired) electrons. The zero-order valence-corrected chi connectivity index (χ0v) is 27.7. The summed E-state index contributed by atoms with van der Waals surface area (Å²) in [5.41, 5.74) is 7.97. The van der Waals surface area contributed by atoms with Crippen LogP contribution in [0, 0.1) is 0 Å². The maximum absolute atomic E-state index is 6.73. The third-order valence-electron chi connectivity index (χ3n) is 10.1. The lowest BCUT2D eigenvalue weighted by Gasteiger charge is -2.18. The Morgan fingerprint density at radius 2 is 1.14 bits per heavy atom. The largest absolute Gasteiger partial charge is 0.455 e. The van der Waals surface area contributed by atoms with Crippen molar-refractivity contribution in [2.75, 3.05) is 0 Å². The molecule has 1 unspecified atom stereocenters. The minimum Gasteiger partial charge on any atom is -0.455 e. The molecule has 51 heavy (non-hydrogen) atoms. The highest BCUT2D eigenvalue weighted by Crippen LogP contribution is 2.42. The van der Waals surface area contributed by atoms with Crippen LogP contribution in [0.2, 0.25) is 0 Å². The molecule has 0 amide bonds. The van der Waals surface area contributed by atoms with Crippen molar-refractivity contribution < 1.29 is 4.42 Å². The first-order valence-electron chi connectivity index (χ1n) is 17.4. The molecular formula is C47H31N3O. The number of fused-ring (bicyclic) bond motifs is 5. The molecule has 2 aromatic heterocycles. The van der Waals surface area contributed by atoms with Crippen LogP contribution in [0.1, 0.15) is 17.9 Å². The SMILES string of the molecule is C1=CCC(c2ccc(-c3nc(-c4ccccc4)nc(-c4cccc5oc6c(-c7cccc8ccccc78)cccc6c45)n3)c3ccccc23)C=C1. The summed E-state index contributed by atoms with van der Waals surface area (Å²) in [5, 5.41) is 6.74. The molecule has 0 spiro atoms. The van der Waals surface area contributed by atoms with Gasteiger partial charge >= 0.3 is 0 Å². The van der Waals surface area contributed by atoms with Gasteiger partial charge in [-0.2, -0.15) is 0 Å². The van der Waals surface area contributed by atoms with Crippen LogP contribution in [0.25, 0.3) is 88.8 Å². The van der Waals surface area contributed by atoms with E-state index in [2.05, 4.69) is 140 Å². The molecule has 1 aliphatic rings. The van der Waals surface area contributed by atoms with Gasteiger partial charge in [0.2, 0.25) is 0 Å². The molecule has 4 heteroatoms. The maximum Gasteiger partial charge on any atom is 0.164 e. The molecule has 7 aromatic carbocycles. The fourth-order valence-electron chi connectivity index (χ4n) is 7.69. The number of benzene rings is 7. The van der Waals surface area contributed by atoms with Crippen LogP contribution < -0.4 is 0 Å². The van der Waals surface area contributed by atoms with Crippen LogP contribution in [0.4, 0.5) is 0 Å². The topological polar surface area (TPSA) is 51.8 Å². The van der Waals surface area contributed by atoms with E-state index in [-0.39, 0.29) is 0 Å². The highest BCUT2D eigenvalue weighted by Gasteiger charge is 2.21. The Balaban J connectivity index is 1.20. The van der Waals surface area contributed by atoms with E-state index in [9.17, 15) is 0 Å². The Morgan fingerprint density at radius 3 is 2.00 bits per heavy atom. The van der Waals surface area contributed by atoms with Gasteiger partial charge in [-0.1, -0.05) is 164 Å². The number of para-hydroxylation sites is 1. The van der Waals surface area contributed by atoms with Crippen molar-refractivity contribution in [1.82, 2.24) is 15.0 Å². The van der Waals surface area contributed by atoms with Crippen molar-refractivity contribution in [2.24, 2.45) is 0 Å². The fourth-order valence-corrected chi connectivity index (χ4v) is 7.69. The zero-order valence-electron chi connectivity index (χ0n) is 27.7. The first-order valence-corrected chi connectivity index (χ1v) is 17.4. The molecule has 1 aliphatic carbocycles. The average molecular weight is 654 g/mol. The van der Waals surface area contributed by atoms with Crippen LogP contribution >= 0.6 is 0 Å². The molecular weight excluding hydrogens is 623 g/mol. The van der Waals surface area contributed by atoms with Gasteiger partial charge in [0, 0.05) is 38.9 Å². The Hall–Kier alpha value is -6.65. The maximum atomic E-state index is 6.73. The molecule has 0 saturated carbocycles. The summed E-state index contributed by atoms with van der Waals surface area (Å²) < 4.78 is 6.73. The summed E-state index contributed by atoms with van der Waals surface area (Å²) in [5.74, 6) is 2.21. The Kier molecular flexibility index (Phi) is 6.91. The summed E-state index contributed by atoms with van der Waals surface area (Å²) >= 11 is 0. The van der Waals surface area contributed by atoms with Crippen molar-refractivity contribution in [3.8, 4) is 45.3 Å². The van der Waals surface area contributed by atoms with Gasteiger partial charge in [-0.3, -0.25) is 0 Å². The standard InChI is InChI=1S/C47H31N3O/c1-3-14-30(15-4-1)34-28-29-39(37-22-10-9-21-35(34)37)46-48-45(32-17-5-2-6-18-32)49-47(50-46)41-26-13-27-42-43(41)40-25-12-24-38(44(40)51-42)36-23-11-19-31-16-7-8-20-33(31)36/h1-14,16-30H,15H2. The molecule has 0 fully saturated rings. The highest BCUT2D eigenvalue weighted by molar-refractivity contribution is 6.16. The number of rotatable bonds is 5. The summed E-state index contributed by atoms with van der Waals surface area (Å²) in [6.07, 6.45) is 9.78. The van der Waals surface area contributed by atoms with Crippen molar-refractivity contribution in [3.05, 3.63) is 175 Å². The van der Waals surface area contributed by atoms with E-state index in [0.29, 0.717) is 23.4 Å². The lowest BCUT2D eigenvalue weighted by Crippen LogP contribution is -2.02. The smallest absolute Gasteiger partial charge is 0.164 e. The first kappa shape index (κ1) is 29.3. The van der Waals surface area contributed by atoms with E-state index in [1.165, 1.54) is 21.7 Å². The van der Waals surface area contributed by atoms with Gasteiger partial charge in [-0.15, -0.1) is 0 Å². The van der Waals surface area contributed by atoms with E-state index in [1.54, 1.807) is 0 Å². The number of allylic oxidation sites excluding steroid dienone is 4. The molecule has 4 nitrogen and oxygen atoms in total. The van der Waals surface area contributed by atoms with Crippen molar-refractivity contribution in [2.45, 2.75) is 12.3 Å². The Morgan fingerprint density at radius 1 is 0.471 bits per heavy atom. The van der Waals surface area contributed by atoms with Gasteiger partial charge in [0.1, 0.15) is 11.2 Å². The van der Waals surface area contributed by atoms with Crippen LogP contribution in [-0.4, -0.2) is 15.0 Å². The quantitative estimate of drug-likeness (QED) is 0.185. The number of nitrogens with zero attached hydrogens (tertiary/aromatic N) is 3. The van der Waals surface area contributed by atoms with Crippen LogP contribution in [0.15, 0.2) is 174 Å².